The number of aliphatic imine (C=N–C) groups is 1. The third-order valence-corrected chi connectivity index (χ3v) is 2.02. The maximum atomic E-state index is 5.35. The van der Waals surface area contributed by atoms with Crippen LogP contribution < -0.4 is 16.5 Å². The van der Waals surface area contributed by atoms with Crippen molar-refractivity contribution in [2.45, 2.75) is 33.7 Å². The van der Waals surface area contributed by atoms with Gasteiger partial charge in [-0.2, -0.15) is 5.48 Å². The van der Waals surface area contributed by atoms with E-state index in [-0.39, 0.29) is 6.04 Å². The quantitative estimate of drug-likeness (QED) is 0.259. The number of hydrogen-bond donors (Lipinski definition) is 3. The summed E-state index contributed by atoms with van der Waals surface area (Å²) in [4.78, 5) is 9.46. The highest BCUT2D eigenvalue weighted by Gasteiger charge is 2.06. The predicted molar refractivity (Wildman–Crippen MR) is 72.4 cm³/mol. The van der Waals surface area contributed by atoms with Gasteiger partial charge in [-0.1, -0.05) is 0 Å². The number of rotatable bonds is 8. The Kier molecular flexibility index (Phi) is 8.86. The minimum atomic E-state index is -0.0993. The lowest BCUT2D eigenvalue weighted by Gasteiger charge is -2.11. The number of nitrogens with one attached hydrogen (secondary N) is 2. The second-order valence-corrected chi connectivity index (χ2v) is 3.57. The Balaban J connectivity index is 4.62. The first-order valence-electron chi connectivity index (χ1n) is 5.87. The third-order valence-electron chi connectivity index (χ3n) is 2.02. The molecule has 0 heterocycles. The van der Waals surface area contributed by atoms with Crippen molar-refractivity contribution in [3.8, 4) is 0 Å². The van der Waals surface area contributed by atoms with Gasteiger partial charge in [0.25, 0.3) is 0 Å². The van der Waals surface area contributed by atoms with Gasteiger partial charge >= 0.3 is 0 Å². The van der Waals surface area contributed by atoms with Gasteiger partial charge in [0, 0.05) is 13.1 Å². The van der Waals surface area contributed by atoms with Crippen LogP contribution >= 0.6 is 0 Å². The largest absolute Gasteiger partial charge is 0.414 e. The van der Waals surface area contributed by atoms with Crippen molar-refractivity contribution < 1.29 is 4.84 Å². The van der Waals surface area contributed by atoms with E-state index in [0.29, 0.717) is 0 Å². The summed E-state index contributed by atoms with van der Waals surface area (Å²) in [6.07, 6.45) is 5.16. The molecule has 1 atom stereocenters. The van der Waals surface area contributed by atoms with Gasteiger partial charge < -0.3 is 15.9 Å². The molecule has 0 amide bonds. The minimum absolute atomic E-state index is 0.0993. The molecule has 0 radical (unpaired) electrons. The van der Waals surface area contributed by atoms with Gasteiger partial charge in [-0.3, -0.25) is 4.99 Å². The van der Waals surface area contributed by atoms with E-state index in [9.17, 15) is 0 Å². The van der Waals surface area contributed by atoms with Crippen LogP contribution in [0.1, 0.15) is 27.7 Å². The Morgan fingerprint density at radius 3 is 2.59 bits per heavy atom. The first-order chi connectivity index (χ1) is 8.15. The van der Waals surface area contributed by atoms with E-state index in [2.05, 4.69) is 15.8 Å². The molecule has 0 aliphatic rings. The third kappa shape index (κ3) is 7.41. The summed E-state index contributed by atoms with van der Waals surface area (Å²) in [5.74, 6) is 0.770. The minimum Gasteiger partial charge on any atom is -0.414 e. The summed E-state index contributed by atoms with van der Waals surface area (Å²) in [6.45, 7) is 9.52. The van der Waals surface area contributed by atoms with Crippen LogP contribution in [0.5, 0.6) is 0 Å². The Morgan fingerprint density at radius 2 is 2.06 bits per heavy atom. The van der Waals surface area contributed by atoms with Crippen molar-refractivity contribution in [1.29, 1.82) is 0 Å². The standard InChI is InChI=1S/C12H24N4O/c1-5-14-8-10(3)12(15-9-13)7-11(4)17-16-6-2/h7-9,12,14,16H,5-6H2,1-4H3,(H2,13,15)/b10-8+,11-7+. The fourth-order valence-electron chi connectivity index (χ4n) is 1.18. The Morgan fingerprint density at radius 1 is 1.35 bits per heavy atom. The van der Waals surface area contributed by atoms with Crippen LogP contribution in [0, 0.1) is 0 Å². The van der Waals surface area contributed by atoms with E-state index in [4.69, 9.17) is 10.6 Å². The molecule has 0 aliphatic carbocycles. The molecule has 5 nitrogen and oxygen atoms in total. The maximum absolute atomic E-state index is 5.35. The molecular weight excluding hydrogens is 216 g/mol. The molecule has 0 fully saturated rings. The number of nitrogens with zero attached hydrogens (tertiary/aromatic N) is 1. The van der Waals surface area contributed by atoms with Crippen LogP contribution in [0.3, 0.4) is 0 Å². The predicted octanol–water partition coefficient (Wildman–Crippen LogP) is 1.30. The molecule has 0 aromatic heterocycles. The summed E-state index contributed by atoms with van der Waals surface area (Å²) in [6, 6.07) is -0.0993. The topological polar surface area (TPSA) is 71.7 Å². The van der Waals surface area contributed by atoms with Crippen LogP contribution in [0.4, 0.5) is 0 Å². The second-order valence-electron chi connectivity index (χ2n) is 3.57. The fourth-order valence-corrected chi connectivity index (χ4v) is 1.18. The molecule has 0 aliphatic heterocycles. The van der Waals surface area contributed by atoms with E-state index in [0.717, 1.165) is 24.4 Å². The van der Waals surface area contributed by atoms with E-state index >= 15 is 0 Å². The zero-order chi connectivity index (χ0) is 13.1. The zero-order valence-electron chi connectivity index (χ0n) is 11.2. The normalized spacial score (nSPS) is 15.1. The van der Waals surface area contributed by atoms with Gasteiger partial charge in [0.2, 0.25) is 0 Å². The van der Waals surface area contributed by atoms with Crippen LogP contribution in [-0.4, -0.2) is 25.5 Å². The smallest absolute Gasteiger partial charge is 0.119 e. The van der Waals surface area contributed by atoms with Gasteiger partial charge in [-0.25, -0.2) is 0 Å². The molecule has 0 aromatic carbocycles. The Hall–Kier alpha value is -1.49. The summed E-state index contributed by atoms with van der Waals surface area (Å²) in [7, 11) is 0. The van der Waals surface area contributed by atoms with Crippen LogP contribution in [0.2, 0.25) is 0 Å². The lowest BCUT2D eigenvalue weighted by atomic mass is 10.1. The highest BCUT2D eigenvalue weighted by Crippen LogP contribution is 2.09. The maximum Gasteiger partial charge on any atom is 0.119 e. The van der Waals surface area contributed by atoms with E-state index in [1.165, 1.54) is 6.34 Å². The molecule has 0 spiro atoms. The lowest BCUT2D eigenvalue weighted by molar-refractivity contribution is 0.110. The average Bonchev–Trinajstić information content (AvgIpc) is 2.32. The molecule has 0 aromatic rings. The number of hydrogen-bond acceptors (Lipinski definition) is 4. The summed E-state index contributed by atoms with van der Waals surface area (Å²) in [5, 5.41) is 3.14. The van der Waals surface area contributed by atoms with Crippen molar-refractivity contribution in [2.24, 2.45) is 10.7 Å². The van der Waals surface area contributed by atoms with E-state index < -0.39 is 0 Å². The molecule has 0 saturated heterocycles. The Bertz CT molecular complexity index is 284. The van der Waals surface area contributed by atoms with Crippen molar-refractivity contribution in [1.82, 2.24) is 10.8 Å². The molecule has 0 bridgehead atoms. The first kappa shape index (κ1) is 15.5. The lowest BCUT2D eigenvalue weighted by Crippen LogP contribution is -2.15. The molecular formula is C12H24N4O. The molecule has 98 valence electrons. The molecule has 5 heteroatoms. The van der Waals surface area contributed by atoms with Gasteiger partial charge in [-0.15, -0.1) is 0 Å². The van der Waals surface area contributed by atoms with Crippen LogP contribution in [0.25, 0.3) is 0 Å². The van der Waals surface area contributed by atoms with Crippen molar-refractivity contribution in [3.63, 3.8) is 0 Å². The number of allylic oxidation sites excluding steroid dienone is 1. The number of nitrogens with two attached hydrogens (primary N) is 1. The summed E-state index contributed by atoms with van der Waals surface area (Å²) in [5.41, 5.74) is 9.21. The van der Waals surface area contributed by atoms with Gasteiger partial charge in [0.15, 0.2) is 0 Å². The van der Waals surface area contributed by atoms with Crippen molar-refractivity contribution in [2.75, 3.05) is 13.1 Å². The molecule has 0 saturated carbocycles. The molecule has 1 unspecified atom stereocenters. The SMILES string of the molecule is CCN/C=C(\C)C(/C=C(\C)ONCC)N=CN. The summed E-state index contributed by atoms with van der Waals surface area (Å²) >= 11 is 0. The number of hydroxylamine groups is 1. The summed E-state index contributed by atoms with van der Waals surface area (Å²) < 4.78 is 0. The van der Waals surface area contributed by atoms with E-state index in [1.807, 2.05) is 40.0 Å². The van der Waals surface area contributed by atoms with E-state index in [1.54, 1.807) is 0 Å². The van der Waals surface area contributed by atoms with Crippen molar-refractivity contribution in [3.05, 3.63) is 23.6 Å². The van der Waals surface area contributed by atoms with Gasteiger partial charge in [-0.05, 0) is 45.5 Å². The Labute approximate surface area is 104 Å². The monoisotopic (exact) mass is 240 g/mol. The molecule has 0 rings (SSSR count). The first-order valence-corrected chi connectivity index (χ1v) is 5.87. The van der Waals surface area contributed by atoms with Gasteiger partial charge in [0.1, 0.15) is 5.76 Å². The fraction of sp³-hybridized carbons (Fsp3) is 0.583. The highest BCUT2D eigenvalue weighted by molar-refractivity contribution is 5.52. The molecule has 4 N–H and O–H groups in total. The van der Waals surface area contributed by atoms with Gasteiger partial charge in [0.05, 0.1) is 12.4 Å². The highest BCUT2D eigenvalue weighted by atomic mass is 16.6. The average molecular weight is 240 g/mol. The van der Waals surface area contributed by atoms with Crippen molar-refractivity contribution >= 4 is 6.34 Å². The zero-order valence-corrected chi connectivity index (χ0v) is 11.2. The molecule has 17 heavy (non-hydrogen) atoms. The van der Waals surface area contributed by atoms with Crippen LogP contribution in [-0.2, 0) is 4.84 Å². The van der Waals surface area contributed by atoms with Crippen LogP contribution in [0.15, 0.2) is 28.6 Å². The second kappa shape index (κ2) is 9.72.